The van der Waals surface area contributed by atoms with Crippen molar-refractivity contribution in [3.63, 3.8) is 0 Å². The van der Waals surface area contributed by atoms with E-state index in [0.29, 0.717) is 16.8 Å². The van der Waals surface area contributed by atoms with E-state index in [2.05, 4.69) is 10.6 Å². The summed E-state index contributed by atoms with van der Waals surface area (Å²) in [7, 11) is 0. The van der Waals surface area contributed by atoms with Crippen molar-refractivity contribution in [3.05, 3.63) is 65.0 Å². The second-order valence-corrected chi connectivity index (χ2v) is 5.38. The van der Waals surface area contributed by atoms with E-state index >= 15 is 0 Å². The summed E-state index contributed by atoms with van der Waals surface area (Å²) < 4.78 is 13.0. The minimum Gasteiger partial charge on any atom is -0.352 e. The second-order valence-electron chi connectivity index (χ2n) is 5.38. The Balaban J connectivity index is 1.81. The number of carbonyl (C=O) groups excluding carboxylic acids is 2. The fraction of sp³-hybridized carbons (Fsp3) is 0.222. The van der Waals surface area contributed by atoms with E-state index in [1.807, 2.05) is 19.1 Å². The Morgan fingerprint density at radius 2 is 1.87 bits per heavy atom. The molecule has 0 spiro atoms. The SMILES string of the molecule is Cc1cccc(C(=O)NCCC(=O)Nc2ccc(F)cc2C)c1. The number of hydrogen-bond acceptors (Lipinski definition) is 2. The molecule has 4 nitrogen and oxygen atoms in total. The first-order valence-electron chi connectivity index (χ1n) is 7.36. The van der Waals surface area contributed by atoms with Gasteiger partial charge in [-0.05, 0) is 49.7 Å². The second kappa shape index (κ2) is 7.54. The topological polar surface area (TPSA) is 58.2 Å². The number of anilines is 1. The van der Waals surface area contributed by atoms with Gasteiger partial charge in [0.25, 0.3) is 5.91 Å². The fourth-order valence-electron chi connectivity index (χ4n) is 2.16. The van der Waals surface area contributed by atoms with Crippen LogP contribution in [0.5, 0.6) is 0 Å². The van der Waals surface area contributed by atoms with Crippen molar-refractivity contribution in [2.24, 2.45) is 0 Å². The normalized spacial score (nSPS) is 10.2. The standard InChI is InChI=1S/C18H19FN2O2/c1-12-4-3-5-14(10-12)18(23)20-9-8-17(22)21-16-7-6-15(19)11-13(16)2/h3-7,10-11H,8-9H2,1-2H3,(H,20,23)(H,21,22). The molecule has 0 bridgehead atoms. The van der Waals surface area contributed by atoms with Gasteiger partial charge in [-0.1, -0.05) is 17.7 Å². The van der Waals surface area contributed by atoms with E-state index in [1.165, 1.54) is 18.2 Å². The summed E-state index contributed by atoms with van der Waals surface area (Å²) in [6, 6.07) is 11.4. The lowest BCUT2D eigenvalue weighted by atomic mass is 10.1. The van der Waals surface area contributed by atoms with Gasteiger partial charge >= 0.3 is 0 Å². The summed E-state index contributed by atoms with van der Waals surface area (Å²) in [5, 5.41) is 5.41. The first kappa shape index (κ1) is 16.7. The monoisotopic (exact) mass is 314 g/mol. The fourth-order valence-corrected chi connectivity index (χ4v) is 2.16. The van der Waals surface area contributed by atoms with Crippen molar-refractivity contribution in [3.8, 4) is 0 Å². The Kier molecular flexibility index (Phi) is 5.46. The van der Waals surface area contributed by atoms with Crippen LogP contribution in [0.3, 0.4) is 0 Å². The lowest BCUT2D eigenvalue weighted by Crippen LogP contribution is -2.27. The van der Waals surface area contributed by atoms with Crippen LogP contribution in [-0.2, 0) is 4.79 Å². The van der Waals surface area contributed by atoms with Gasteiger partial charge in [0.2, 0.25) is 5.91 Å². The molecule has 0 saturated carbocycles. The smallest absolute Gasteiger partial charge is 0.251 e. The van der Waals surface area contributed by atoms with Crippen molar-refractivity contribution in [1.29, 1.82) is 0 Å². The third-order valence-electron chi connectivity index (χ3n) is 3.38. The molecule has 0 atom stereocenters. The van der Waals surface area contributed by atoms with Gasteiger partial charge in [0.05, 0.1) is 0 Å². The molecule has 0 aliphatic carbocycles. The van der Waals surface area contributed by atoms with E-state index in [4.69, 9.17) is 0 Å². The van der Waals surface area contributed by atoms with Gasteiger partial charge < -0.3 is 10.6 Å². The minimum absolute atomic E-state index is 0.147. The molecule has 2 rings (SSSR count). The highest BCUT2D eigenvalue weighted by molar-refractivity contribution is 5.95. The number of aryl methyl sites for hydroxylation is 2. The van der Waals surface area contributed by atoms with E-state index in [0.717, 1.165) is 5.56 Å². The highest BCUT2D eigenvalue weighted by Gasteiger charge is 2.08. The van der Waals surface area contributed by atoms with Crippen LogP contribution in [0.2, 0.25) is 0 Å². The summed E-state index contributed by atoms with van der Waals surface area (Å²) in [5.74, 6) is -0.783. The average molecular weight is 314 g/mol. The molecular weight excluding hydrogens is 295 g/mol. The van der Waals surface area contributed by atoms with Crippen LogP contribution >= 0.6 is 0 Å². The Hall–Kier alpha value is -2.69. The number of rotatable bonds is 5. The first-order chi connectivity index (χ1) is 11.0. The summed E-state index contributed by atoms with van der Waals surface area (Å²) >= 11 is 0. The molecule has 5 heteroatoms. The molecule has 0 saturated heterocycles. The molecule has 0 fully saturated rings. The molecule has 2 amide bonds. The Labute approximate surface area is 134 Å². The zero-order valence-electron chi connectivity index (χ0n) is 13.2. The lowest BCUT2D eigenvalue weighted by Gasteiger charge is -2.09. The quantitative estimate of drug-likeness (QED) is 0.890. The summed E-state index contributed by atoms with van der Waals surface area (Å²) in [6.45, 7) is 3.87. The van der Waals surface area contributed by atoms with Crippen LogP contribution in [0.1, 0.15) is 27.9 Å². The number of carbonyl (C=O) groups is 2. The Bertz CT molecular complexity index is 729. The number of nitrogens with one attached hydrogen (secondary N) is 2. The predicted octanol–water partition coefficient (Wildman–Crippen LogP) is 3.20. The van der Waals surface area contributed by atoms with Crippen molar-refractivity contribution in [1.82, 2.24) is 5.32 Å². The number of benzene rings is 2. The maximum absolute atomic E-state index is 13.0. The first-order valence-corrected chi connectivity index (χ1v) is 7.36. The number of amides is 2. The molecule has 0 heterocycles. The van der Waals surface area contributed by atoms with Gasteiger partial charge in [-0.25, -0.2) is 4.39 Å². The summed E-state index contributed by atoms with van der Waals surface area (Å²) in [4.78, 5) is 23.8. The third kappa shape index (κ3) is 4.92. The number of halogens is 1. The molecule has 23 heavy (non-hydrogen) atoms. The van der Waals surface area contributed by atoms with Crippen LogP contribution < -0.4 is 10.6 Å². The van der Waals surface area contributed by atoms with Crippen molar-refractivity contribution < 1.29 is 14.0 Å². The highest BCUT2D eigenvalue weighted by atomic mass is 19.1. The maximum atomic E-state index is 13.0. The van der Waals surface area contributed by atoms with Crippen LogP contribution in [0.4, 0.5) is 10.1 Å². The number of hydrogen-bond donors (Lipinski definition) is 2. The van der Waals surface area contributed by atoms with Crippen LogP contribution in [0, 0.1) is 19.7 Å². The lowest BCUT2D eigenvalue weighted by molar-refractivity contribution is -0.116. The molecule has 120 valence electrons. The van der Waals surface area contributed by atoms with Gasteiger partial charge in [-0.3, -0.25) is 9.59 Å². The zero-order chi connectivity index (χ0) is 16.8. The van der Waals surface area contributed by atoms with Gasteiger partial charge in [0.1, 0.15) is 5.82 Å². The van der Waals surface area contributed by atoms with Crippen LogP contribution in [0.25, 0.3) is 0 Å². The molecule has 0 radical (unpaired) electrons. The minimum atomic E-state index is -0.342. The molecule has 2 N–H and O–H groups in total. The van der Waals surface area contributed by atoms with Crippen molar-refractivity contribution >= 4 is 17.5 Å². The van der Waals surface area contributed by atoms with Gasteiger partial charge in [0, 0.05) is 24.2 Å². The van der Waals surface area contributed by atoms with Crippen LogP contribution in [0.15, 0.2) is 42.5 Å². The van der Waals surface area contributed by atoms with Crippen molar-refractivity contribution in [2.45, 2.75) is 20.3 Å². The molecule has 0 unspecified atom stereocenters. The Morgan fingerprint density at radius 1 is 1.09 bits per heavy atom. The summed E-state index contributed by atoms with van der Waals surface area (Å²) in [5.41, 5.74) is 2.80. The van der Waals surface area contributed by atoms with E-state index in [9.17, 15) is 14.0 Å². The van der Waals surface area contributed by atoms with E-state index in [1.54, 1.807) is 19.1 Å². The molecule has 0 aromatic heterocycles. The third-order valence-corrected chi connectivity index (χ3v) is 3.38. The zero-order valence-corrected chi connectivity index (χ0v) is 13.2. The van der Waals surface area contributed by atoms with Gasteiger partial charge in [-0.2, -0.15) is 0 Å². The average Bonchev–Trinajstić information content (AvgIpc) is 2.50. The van der Waals surface area contributed by atoms with Crippen molar-refractivity contribution in [2.75, 3.05) is 11.9 Å². The molecule has 2 aromatic carbocycles. The molecular formula is C18H19FN2O2. The maximum Gasteiger partial charge on any atom is 0.251 e. The molecule has 2 aromatic rings. The van der Waals surface area contributed by atoms with Crippen LogP contribution in [-0.4, -0.2) is 18.4 Å². The van der Waals surface area contributed by atoms with Gasteiger partial charge in [-0.15, -0.1) is 0 Å². The highest BCUT2D eigenvalue weighted by Crippen LogP contribution is 2.15. The predicted molar refractivity (Wildman–Crippen MR) is 87.9 cm³/mol. The molecule has 0 aliphatic heterocycles. The van der Waals surface area contributed by atoms with E-state index < -0.39 is 0 Å². The van der Waals surface area contributed by atoms with E-state index in [-0.39, 0.29) is 30.6 Å². The summed E-state index contributed by atoms with van der Waals surface area (Å²) in [6.07, 6.45) is 0.147. The molecule has 0 aliphatic rings. The van der Waals surface area contributed by atoms with Gasteiger partial charge in [0.15, 0.2) is 0 Å². The Morgan fingerprint density at radius 3 is 2.57 bits per heavy atom. The largest absolute Gasteiger partial charge is 0.352 e.